The molecule has 0 bridgehead atoms. The second kappa shape index (κ2) is 9.41. The number of rotatable bonds is 8. The summed E-state index contributed by atoms with van der Waals surface area (Å²) >= 11 is -1.37. The van der Waals surface area contributed by atoms with Crippen molar-refractivity contribution in [3.8, 4) is 17.0 Å². The normalized spacial score (nSPS) is 19.0. The Hall–Kier alpha value is -2.95. The van der Waals surface area contributed by atoms with E-state index in [1.807, 2.05) is 0 Å². The predicted octanol–water partition coefficient (Wildman–Crippen LogP) is 4.06. The van der Waals surface area contributed by atoms with Crippen molar-refractivity contribution in [2.24, 2.45) is 0 Å². The molecule has 2 aliphatic carbocycles. The lowest BCUT2D eigenvalue weighted by atomic mass is 9.64. The number of ether oxygens (including phenoxy) is 1. The van der Waals surface area contributed by atoms with E-state index in [1.165, 1.54) is 31.6 Å². The summed E-state index contributed by atoms with van der Waals surface area (Å²) in [4.78, 5) is 23.7. The van der Waals surface area contributed by atoms with Gasteiger partial charge < -0.3 is 19.5 Å². The van der Waals surface area contributed by atoms with Gasteiger partial charge in [-0.2, -0.15) is 0 Å². The highest BCUT2D eigenvalue weighted by Gasteiger charge is 2.54. The van der Waals surface area contributed by atoms with E-state index < -0.39 is 22.6 Å². The van der Waals surface area contributed by atoms with Crippen molar-refractivity contribution in [3.63, 3.8) is 0 Å². The van der Waals surface area contributed by atoms with Gasteiger partial charge in [0.1, 0.15) is 24.4 Å². The summed E-state index contributed by atoms with van der Waals surface area (Å²) in [5.41, 5.74) is 3.00. The van der Waals surface area contributed by atoms with Crippen LogP contribution in [0.4, 0.5) is 15.8 Å². The molecule has 194 valence electrons. The van der Waals surface area contributed by atoms with Crippen LogP contribution in [0.1, 0.15) is 44.1 Å². The minimum Gasteiger partial charge on any atom is -0.593 e. The summed E-state index contributed by atoms with van der Waals surface area (Å²) in [5.74, 6) is -0.0383. The van der Waals surface area contributed by atoms with Gasteiger partial charge in [-0.25, -0.2) is 14.1 Å². The van der Waals surface area contributed by atoms with Crippen LogP contribution < -0.4 is 19.7 Å². The van der Waals surface area contributed by atoms with Crippen LogP contribution in [0, 0.1) is 5.82 Å². The fraction of sp³-hybridized carbons (Fsp3) is 0.444. The molecular formula is C27H30FN5O3S. The third kappa shape index (κ3) is 4.11. The van der Waals surface area contributed by atoms with Crippen LogP contribution in [-0.2, 0) is 21.6 Å². The number of likely N-dealkylation sites (N-methyl/N-ethyl adjacent to an activating group) is 1. The van der Waals surface area contributed by atoms with Gasteiger partial charge in [0.15, 0.2) is 0 Å². The third-order valence-corrected chi connectivity index (χ3v) is 8.50. The summed E-state index contributed by atoms with van der Waals surface area (Å²) in [6.45, 7) is 1.11. The number of amides is 1. The molecule has 0 radical (unpaired) electrons. The molecule has 3 aliphatic rings. The molecule has 1 amide bonds. The first-order valence-electron chi connectivity index (χ1n) is 12.7. The Bertz CT molecular complexity index is 1380. The molecule has 3 heterocycles. The summed E-state index contributed by atoms with van der Waals surface area (Å²) in [6, 6.07) is 5.46. The highest BCUT2D eigenvalue weighted by Crippen LogP contribution is 2.55. The maximum absolute atomic E-state index is 15.4. The van der Waals surface area contributed by atoms with Crippen LogP contribution in [0.5, 0.6) is 5.88 Å². The molecule has 1 spiro atoms. The Morgan fingerprint density at radius 3 is 2.70 bits per heavy atom. The lowest BCUT2D eigenvalue weighted by Gasteiger charge is -2.37. The van der Waals surface area contributed by atoms with E-state index in [0.29, 0.717) is 47.4 Å². The van der Waals surface area contributed by atoms with Crippen molar-refractivity contribution in [1.29, 1.82) is 0 Å². The first-order chi connectivity index (χ1) is 17.9. The van der Waals surface area contributed by atoms with Crippen molar-refractivity contribution in [2.75, 3.05) is 36.1 Å². The Balaban J connectivity index is 1.36. The molecule has 2 N–H and O–H groups in total. The van der Waals surface area contributed by atoms with Crippen LogP contribution in [0.25, 0.3) is 22.0 Å². The molecule has 3 aromatic rings. The van der Waals surface area contributed by atoms with Crippen LogP contribution in [0.3, 0.4) is 0 Å². The van der Waals surface area contributed by atoms with E-state index >= 15 is 4.39 Å². The maximum Gasteiger partial charge on any atom is 0.241 e. The van der Waals surface area contributed by atoms with Crippen LogP contribution in [0.2, 0.25) is 0 Å². The van der Waals surface area contributed by atoms with Gasteiger partial charge in [0.2, 0.25) is 11.8 Å². The average molecular weight is 524 g/mol. The maximum atomic E-state index is 15.4. The second-order valence-electron chi connectivity index (χ2n) is 10.2. The van der Waals surface area contributed by atoms with Gasteiger partial charge in [-0.15, -0.1) is 0 Å². The summed E-state index contributed by atoms with van der Waals surface area (Å²) < 4.78 is 36.1. The Morgan fingerprint density at radius 1 is 1.22 bits per heavy atom. The van der Waals surface area contributed by atoms with Crippen molar-refractivity contribution in [3.05, 3.63) is 42.0 Å². The number of carbonyl (C=O) groups is 1. The highest BCUT2D eigenvalue weighted by molar-refractivity contribution is 7.92. The number of fused-ring (bicyclic) bond motifs is 4. The largest absolute Gasteiger partial charge is 0.593 e. The molecule has 1 atom stereocenters. The van der Waals surface area contributed by atoms with Crippen LogP contribution in [-0.4, -0.2) is 52.9 Å². The predicted molar refractivity (Wildman–Crippen MR) is 143 cm³/mol. The standard InChI is InChI=1S/C27H30FN5O3S/c1-33-23-15-30-21-13-20(28)18(12-19(21)24(23)27(26(33)34)7-4-8-27)16-11-22(32-37(2)35)25(31-14-16)36-10-9-29-17-5-3-6-17/h11-15,17,29,32H,3-10H2,1-2H3. The number of aromatic nitrogens is 2. The number of anilines is 2. The number of nitrogens with one attached hydrogen (secondary N) is 2. The average Bonchev–Trinajstić information content (AvgIpc) is 3.05. The van der Waals surface area contributed by atoms with Gasteiger partial charge in [-0.3, -0.25) is 9.78 Å². The van der Waals surface area contributed by atoms with E-state index in [9.17, 15) is 9.35 Å². The number of pyridine rings is 2. The fourth-order valence-electron chi connectivity index (χ4n) is 5.68. The fourth-order valence-corrected chi connectivity index (χ4v) is 6.13. The first-order valence-corrected chi connectivity index (χ1v) is 14.3. The highest BCUT2D eigenvalue weighted by atomic mass is 32.2. The smallest absolute Gasteiger partial charge is 0.241 e. The van der Waals surface area contributed by atoms with Gasteiger partial charge in [0, 0.05) is 54.0 Å². The van der Waals surface area contributed by atoms with E-state index in [-0.39, 0.29) is 5.91 Å². The van der Waals surface area contributed by atoms with E-state index in [4.69, 9.17) is 4.74 Å². The Morgan fingerprint density at radius 2 is 2.03 bits per heavy atom. The Kier molecular flexibility index (Phi) is 6.21. The monoisotopic (exact) mass is 523 g/mol. The second-order valence-corrected chi connectivity index (χ2v) is 11.3. The number of carbonyl (C=O) groups excluding carboxylic acids is 1. The molecule has 37 heavy (non-hydrogen) atoms. The molecule has 10 heteroatoms. The van der Waals surface area contributed by atoms with Gasteiger partial charge in [0.25, 0.3) is 0 Å². The molecule has 8 nitrogen and oxygen atoms in total. The molecule has 2 fully saturated rings. The van der Waals surface area contributed by atoms with E-state index in [1.54, 1.807) is 36.5 Å². The minimum atomic E-state index is -1.37. The zero-order valence-electron chi connectivity index (χ0n) is 21.0. The zero-order chi connectivity index (χ0) is 25.7. The molecular weight excluding hydrogens is 493 g/mol. The zero-order valence-corrected chi connectivity index (χ0v) is 21.8. The van der Waals surface area contributed by atoms with Crippen molar-refractivity contribution >= 4 is 39.5 Å². The van der Waals surface area contributed by atoms with Gasteiger partial charge in [-0.1, -0.05) is 12.8 Å². The number of hydrogen-bond donors (Lipinski definition) is 2. The van der Waals surface area contributed by atoms with E-state index in [0.717, 1.165) is 35.9 Å². The quantitative estimate of drug-likeness (QED) is 0.339. The molecule has 1 aromatic carbocycles. The van der Waals surface area contributed by atoms with Crippen molar-refractivity contribution in [2.45, 2.75) is 50.0 Å². The van der Waals surface area contributed by atoms with Crippen molar-refractivity contribution < 1.29 is 18.5 Å². The molecule has 6 rings (SSSR count). The molecule has 2 saturated carbocycles. The van der Waals surface area contributed by atoms with Crippen molar-refractivity contribution in [1.82, 2.24) is 15.3 Å². The SMILES string of the molecule is CN1C(=O)C2(CCC2)c2c1cnc1cc(F)c(-c3cnc(OCCNC4CCC4)c(N[S+](C)[O-])c3)cc21. The number of benzene rings is 1. The topological polar surface area (TPSA) is 102 Å². The third-order valence-electron chi connectivity index (χ3n) is 7.99. The lowest BCUT2D eigenvalue weighted by molar-refractivity contribution is -0.125. The van der Waals surface area contributed by atoms with Crippen LogP contribution >= 0.6 is 0 Å². The summed E-state index contributed by atoms with van der Waals surface area (Å²) in [5, 5.41) is 4.22. The molecule has 0 saturated heterocycles. The molecule has 2 aromatic heterocycles. The minimum absolute atomic E-state index is 0.0841. The summed E-state index contributed by atoms with van der Waals surface area (Å²) in [7, 11) is 1.78. The number of nitrogens with zero attached hydrogens (tertiary/aromatic N) is 3. The number of halogens is 1. The Labute approximate surface area is 218 Å². The van der Waals surface area contributed by atoms with E-state index in [2.05, 4.69) is 20.0 Å². The summed E-state index contributed by atoms with van der Waals surface area (Å²) in [6.07, 6.45) is 11.0. The van der Waals surface area contributed by atoms with Gasteiger partial charge >= 0.3 is 0 Å². The molecule has 1 unspecified atom stereocenters. The van der Waals surface area contributed by atoms with Crippen LogP contribution in [0.15, 0.2) is 30.6 Å². The lowest BCUT2D eigenvalue weighted by Crippen LogP contribution is -2.43. The van der Waals surface area contributed by atoms with Gasteiger partial charge in [0.05, 0.1) is 34.2 Å². The first kappa shape index (κ1) is 24.4. The molecule has 1 aliphatic heterocycles. The number of hydrogen-bond acceptors (Lipinski definition) is 7. The van der Waals surface area contributed by atoms with Gasteiger partial charge in [-0.05, 0) is 37.8 Å².